The summed E-state index contributed by atoms with van der Waals surface area (Å²) in [6.07, 6.45) is 4.37. The van der Waals surface area contributed by atoms with Crippen molar-refractivity contribution in [2.75, 3.05) is 18.5 Å². The molecule has 0 aliphatic heterocycles. The molecule has 1 aromatic heterocycles. The lowest BCUT2D eigenvalue weighted by molar-refractivity contribution is 0.278. The van der Waals surface area contributed by atoms with Gasteiger partial charge in [0.2, 0.25) is 5.88 Å². The van der Waals surface area contributed by atoms with Crippen LogP contribution in [0.5, 0.6) is 5.88 Å². The van der Waals surface area contributed by atoms with E-state index in [0.29, 0.717) is 18.4 Å². The van der Waals surface area contributed by atoms with Crippen LogP contribution in [0.3, 0.4) is 0 Å². The molecule has 0 unspecified atom stereocenters. The third kappa shape index (κ3) is 4.63. The van der Waals surface area contributed by atoms with Gasteiger partial charge in [-0.15, -0.1) is 0 Å². The van der Waals surface area contributed by atoms with E-state index in [1.165, 1.54) is 0 Å². The molecule has 0 bridgehead atoms. The van der Waals surface area contributed by atoms with Gasteiger partial charge in [0.1, 0.15) is 5.82 Å². The maximum absolute atomic E-state index is 5.49. The number of nitrogens with one attached hydrogen (secondary N) is 1. The molecule has 0 aromatic carbocycles. The first kappa shape index (κ1) is 11.8. The molecular weight excluding hydrogens is 190 g/mol. The second-order valence-electron chi connectivity index (χ2n) is 3.80. The van der Waals surface area contributed by atoms with Crippen molar-refractivity contribution >= 4 is 5.82 Å². The van der Waals surface area contributed by atoms with E-state index in [2.05, 4.69) is 29.1 Å². The fourth-order valence-electron chi connectivity index (χ4n) is 1.08. The van der Waals surface area contributed by atoms with Gasteiger partial charge in [-0.3, -0.25) is 4.98 Å². The van der Waals surface area contributed by atoms with Crippen LogP contribution in [0.25, 0.3) is 0 Å². The van der Waals surface area contributed by atoms with Crippen LogP contribution in [0.1, 0.15) is 27.2 Å². The summed E-state index contributed by atoms with van der Waals surface area (Å²) in [7, 11) is 0. The molecule has 0 spiro atoms. The zero-order valence-corrected chi connectivity index (χ0v) is 9.66. The van der Waals surface area contributed by atoms with Crippen molar-refractivity contribution in [1.82, 2.24) is 9.97 Å². The van der Waals surface area contributed by atoms with Crippen molar-refractivity contribution in [3.05, 3.63) is 12.4 Å². The maximum atomic E-state index is 5.49. The molecule has 4 nitrogen and oxygen atoms in total. The Hall–Kier alpha value is -1.32. The maximum Gasteiger partial charge on any atom is 0.234 e. The summed E-state index contributed by atoms with van der Waals surface area (Å²) in [6.45, 7) is 7.90. The lowest BCUT2D eigenvalue weighted by Crippen LogP contribution is -2.05. The minimum absolute atomic E-state index is 0.592. The summed E-state index contributed by atoms with van der Waals surface area (Å²) < 4.78 is 5.49. The molecule has 1 heterocycles. The van der Waals surface area contributed by atoms with Crippen LogP contribution in [0.4, 0.5) is 5.82 Å². The highest BCUT2D eigenvalue weighted by atomic mass is 16.5. The van der Waals surface area contributed by atoms with Crippen LogP contribution in [-0.4, -0.2) is 23.1 Å². The van der Waals surface area contributed by atoms with E-state index in [1.54, 1.807) is 12.4 Å². The second-order valence-corrected chi connectivity index (χ2v) is 3.80. The molecule has 1 N–H and O–H groups in total. The molecule has 0 fully saturated rings. The van der Waals surface area contributed by atoms with Crippen LogP contribution < -0.4 is 10.1 Å². The summed E-state index contributed by atoms with van der Waals surface area (Å²) >= 11 is 0. The fourth-order valence-corrected chi connectivity index (χ4v) is 1.08. The predicted octanol–water partition coefficient (Wildman–Crippen LogP) is 2.33. The first-order valence-electron chi connectivity index (χ1n) is 5.41. The predicted molar refractivity (Wildman–Crippen MR) is 61.1 cm³/mol. The molecule has 1 aromatic rings. The Balaban J connectivity index is 2.43. The number of nitrogens with zero attached hydrogens (tertiary/aromatic N) is 2. The van der Waals surface area contributed by atoms with Crippen molar-refractivity contribution in [2.45, 2.75) is 27.2 Å². The molecule has 0 amide bonds. The monoisotopic (exact) mass is 209 g/mol. The van der Waals surface area contributed by atoms with E-state index >= 15 is 0 Å². The SMILES string of the molecule is CCNc1cncc(OCCC(C)C)n1. The van der Waals surface area contributed by atoms with Gasteiger partial charge in [0.05, 0.1) is 19.0 Å². The molecule has 0 aliphatic rings. The molecule has 1 rings (SSSR count). The van der Waals surface area contributed by atoms with E-state index in [-0.39, 0.29) is 0 Å². The van der Waals surface area contributed by atoms with E-state index in [0.717, 1.165) is 18.8 Å². The van der Waals surface area contributed by atoms with Gasteiger partial charge in [0.25, 0.3) is 0 Å². The van der Waals surface area contributed by atoms with Crippen molar-refractivity contribution in [2.24, 2.45) is 5.92 Å². The largest absolute Gasteiger partial charge is 0.477 e. The number of ether oxygens (including phenoxy) is 1. The Bertz CT molecular complexity index is 289. The van der Waals surface area contributed by atoms with Crippen molar-refractivity contribution in [1.29, 1.82) is 0 Å². The minimum Gasteiger partial charge on any atom is -0.477 e. The third-order valence-electron chi connectivity index (χ3n) is 1.92. The van der Waals surface area contributed by atoms with E-state index in [1.807, 2.05) is 6.92 Å². The second kappa shape index (κ2) is 6.22. The molecule has 4 heteroatoms. The van der Waals surface area contributed by atoms with Gasteiger partial charge in [-0.1, -0.05) is 13.8 Å². The van der Waals surface area contributed by atoms with E-state index in [9.17, 15) is 0 Å². The highest BCUT2D eigenvalue weighted by Gasteiger charge is 1.99. The molecule has 0 aliphatic carbocycles. The van der Waals surface area contributed by atoms with Crippen molar-refractivity contribution < 1.29 is 4.74 Å². The Kier molecular flexibility index (Phi) is 4.87. The van der Waals surface area contributed by atoms with Crippen LogP contribution in [0, 0.1) is 5.92 Å². The summed E-state index contributed by atoms with van der Waals surface area (Å²) in [5, 5.41) is 3.09. The molecular formula is C11H19N3O. The Morgan fingerprint density at radius 2 is 2.20 bits per heavy atom. The average molecular weight is 209 g/mol. The fraction of sp³-hybridized carbons (Fsp3) is 0.636. The van der Waals surface area contributed by atoms with Gasteiger partial charge < -0.3 is 10.1 Å². The zero-order chi connectivity index (χ0) is 11.1. The van der Waals surface area contributed by atoms with Crippen LogP contribution in [-0.2, 0) is 0 Å². The van der Waals surface area contributed by atoms with Gasteiger partial charge in [-0.2, -0.15) is 4.98 Å². The number of aromatic nitrogens is 2. The summed E-state index contributed by atoms with van der Waals surface area (Å²) in [6, 6.07) is 0. The minimum atomic E-state index is 0.592. The molecule has 84 valence electrons. The number of hydrogen-bond acceptors (Lipinski definition) is 4. The smallest absolute Gasteiger partial charge is 0.234 e. The Morgan fingerprint density at radius 3 is 2.87 bits per heavy atom. The lowest BCUT2D eigenvalue weighted by Gasteiger charge is -2.08. The molecule has 0 saturated heterocycles. The topological polar surface area (TPSA) is 47.0 Å². The average Bonchev–Trinajstić information content (AvgIpc) is 2.18. The number of anilines is 1. The van der Waals surface area contributed by atoms with E-state index < -0.39 is 0 Å². The highest BCUT2D eigenvalue weighted by Crippen LogP contribution is 2.09. The third-order valence-corrected chi connectivity index (χ3v) is 1.92. The van der Waals surface area contributed by atoms with Crippen LogP contribution in [0.2, 0.25) is 0 Å². The zero-order valence-electron chi connectivity index (χ0n) is 9.66. The van der Waals surface area contributed by atoms with Crippen molar-refractivity contribution in [3.8, 4) is 5.88 Å². The van der Waals surface area contributed by atoms with Gasteiger partial charge in [-0.25, -0.2) is 0 Å². The number of rotatable bonds is 6. The molecule has 0 atom stereocenters. The van der Waals surface area contributed by atoms with Gasteiger partial charge >= 0.3 is 0 Å². The molecule has 0 radical (unpaired) electrons. The van der Waals surface area contributed by atoms with E-state index in [4.69, 9.17) is 4.74 Å². The van der Waals surface area contributed by atoms with Gasteiger partial charge in [-0.05, 0) is 19.3 Å². The first-order valence-corrected chi connectivity index (χ1v) is 5.41. The van der Waals surface area contributed by atoms with Crippen molar-refractivity contribution in [3.63, 3.8) is 0 Å². The van der Waals surface area contributed by atoms with Gasteiger partial charge in [0.15, 0.2) is 0 Å². The van der Waals surface area contributed by atoms with Gasteiger partial charge in [0, 0.05) is 6.54 Å². The standard InChI is InChI=1S/C11H19N3O/c1-4-13-10-7-12-8-11(14-10)15-6-5-9(2)3/h7-9H,4-6H2,1-3H3,(H,13,14). The molecule has 0 saturated carbocycles. The van der Waals surface area contributed by atoms with Crippen LogP contribution in [0.15, 0.2) is 12.4 Å². The Morgan fingerprint density at radius 1 is 1.40 bits per heavy atom. The quantitative estimate of drug-likeness (QED) is 0.781. The van der Waals surface area contributed by atoms with Crippen LogP contribution >= 0.6 is 0 Å². The number of hydrogen-bond donors (Lipinski definition) is 1. The summed E-state index contributed by atoms with van der Waals surface area (Å²) in [4.78, 5) is 8.31. The highest BCUT2D eigenvalue weighted by molar-refractivity contribution is 5.32. The molecule has 15 heavy (non-hydrogen) atoms. The lowest BCUT2D eigenvalue weighted by atomic mass is 10.1. The first-order chi connectivity index (χ1) is 7.22. The summed E-state index contributed by atoms with van der Waals surface area (Å²) in [5.41, 5.74) is 0. The normalized spacial score (nSPS) is 10.4. The summed E-state index contributed by atoms with van der Waals surface area (Å²) in [5.74, 6) is 2.00. The Labute approximate surface area is 91.1 Å².